The summed E-state index contributed by atoms with van der Waals surface area (Å²) in [5.74, 6) is 0. The Morgan fingerprint density at radius 2 is 0.500 bits per heavy atom. The van der Waals surface area contributed by atoms with Gasteiger partial charge in [-0.05, 0) is 54.6 Å². The Kier molecular flexibility index (Phi) is 7.30. The molecule has 0 amide bonds. The lowest BCUT2D eigenvalue weighted by molar-refractivity contribution is 1.67. The Bertz CT molecular complexity index is 603. The Balaban J connectivity index is 0.000000180. The number of nitrogens with two attached hydrogens (primary N) is 6. The standard InChI is InChI=1S/3C6H8N2/c3*7-5-2-1-3-6(8)4-5/h3*1-4H,7-8H2. The summed E-state index contributed by atoms with van der Waals surface area (Å²) in [6.07, 6.45) is 0. The predicted octanol–water partition coefficient (Wildman–Crippen LogP) is 2.55. The van der Waals surface area contributed by atoms with E-state index in [-0.39, 0.29) is 0 Å². The van der Waals surface area contributed by atoms with E-state index in [2.05, 4.69) is 0 Å². The van der Waals surface area contributed by atoms with Gasteiger partial charge in [-0.1, -0.05) is 18.2 Å². The van der Waals surface area contributed by atoms with E-state index in [1.807, 2.05) is 18.2 Å². The van der Waals surface area contributed by atoms with Crippen LogP contribution in [-0.2, 0) is 0 Å². The van der Waals surface area contributed by atoms with E-state index in [0.717, 1.165) is 0 Å². The van der Waals surface area contributed by atoms with Gasteiger partial charge in [-0.2, -0.15) is 0 Å². The molecule has 12 N–H and O–H groups in total. The summed E-state index contributed by atoms with van der Waals surface area (Å²) < 4.78 is 0. The average molecular weight is 324 g/mol. The van der Waals surface area contributed by atoms with Crippen LogP contribution in [0.1, 0.15) is 0 Å². The van der Waals surface area contributed by atoms with Gasteiger partial charge in [-0.15, -0.1) is 0 Å². The zero-order valence-electron chi connectivity index (χ0n) is 13.4. The second-order valence-corrected chi connectivity index (χ2v) is 5.01. The van der Waals surface area contributed by atoms with Gasteiger partial charge in [0.1, 0.15) is 0 Å². The van der Waals surface area contributed by atoms with Crippen molar-refractivity contribution in [2.75, 3.05) is 34.4 Å². The van der Waals surface area contributed by atoms with Crippen molar-refractivity contribution < 1.29 is 0 Å². The van der Waals surface area contributed by atoms with Gasteiger partial charge in [-0.25, -0.2) is 0 Å². The molecule has 0 saturated heterocycles. The molecule has 0 fully saturated rings. The third-order valence-corrected chi connectivity index (χ3v) is 2.73. The first-order chi connectivity index (χ1) is 11.4. The Morgan fingerprint density at radius 3 is 0.583 bits per heavy atom. The molecule has 0 spiro atoms. The minimum atomic E-state index is 0.713. The van der Waals surface area contributed by atoms with Crippen LogP contribution in [0.2, 0.25) is 0 Å². The van der Waals surface area contributed by atoms with E-state index in [9.17, 15) is 0 Å². The van der Waals surface area contributed by atoms with E-state index < -0.39 is 0 Å². The van der Waals surface area contributed by atoms with Crippen molar-refractivity contribution in [3.63, 3.8) is 0 Å². The number of benzene rings is 3. The number of anilines is 6. The van der Waals surface area contributed by atoms with Crippen molar-refractivity contribution in [1.82, 2.24) is 0 Å². The lowest BCUT2D eigenvalue weighted by Gasteiger charge is -1.91. The lowest BCUT2D eigenvalue weighted by atomic mass is 10.3. The van der Waals surface area contributed by atoms with Crippen LogP contribution in [0.4, 0.5) is 34.1 Å². The summed E-state index contributed by atoms with van der Waals surface area (Å²) in [4.78, 5) is 0. The molecule has 3 aromatic rings. The molecule has 0 aliphatic carbocycles. The molecule has 0 aliphatic rings. The maximum absolute atomic E-state index is 5.38. The fourth-order valence-electron chi connectivity index (χ4n) is 1.68. The normalized spacial score (nSPS) is 9.00. The monoisotopic (exact) mass is 324 g/mol. The average Bonchev–Trinajstić information content (AvgIpc) is 2.47. The molecule has 0 saturated carbocycles. The summed E-state index contributed by atoms with van der Waals surface area (Å²) in [5, 5.41) is 0. The Hall–Kier alpha value is -3.54. The van der Waals surface area contributed by atoms with Crippen molar-refractivity contribution in [2.24, 2.45) is 0 Å². The molecule has 6 heteroatoms. The fraction of sp³-hybridized carbons (Fsp3) is 0. The second-order valence-electron chi connectivity index (χ2n) is 5.01. The van der Waals surface area contributed by atoms with Gasteiger partial charge in [0, 0.05) is 34.1 Å². The molecule has 0 heterocycles. The molecular weight excluding hydrogens is 300 g/mol. The number of rotatable bonds is 0. The molecule has 6 nitrogen and oxygen atoms in total. The van der Waals surface area contributed by atoms with Crippen molar-refractivity contribution in [1.29, 1.82) is 0 Å². The van der Waals surface area contributed by atoms with Crippen molar-refractivity contribution >= 4 is 34.1 Å². The topological polar surface area (TPSA) is 156 Å². The summed E-state index contributed by atoms with van der Waals surface area (Å²) in [6.45, 7) is 0. The highest BCUT2D eigenvalue weighted by atomic mass is 14.6. The highest BCUT2D eigenvalue weighted by molar-refractivity contribution is 5.52. The molecule has 3 aromatic carbocycles. The zero-order valence-corrected chi connectivity index (χ0v) is 13.4. The van der Waals surface area contributed by atoms with Crippen LogP contribution in [0.5, 0.6) is 0 Å². The van der Waals surface area contributed by atoms with Gasteiger partial charge in [0.05, 0.1) is 0 Å². The number of nitrogen functional groups attached to an aromatic ring is 6. The van der Waals surface area contributed by atoms with Gasteiger partial charge < -0.3 is 34.4 Å². The van der Waals surface area contributed by atoms with Crippen LogP contribution < -0.4 is 34.4 Å². The third-order valence-electron chi connectivity index (χ3n) is 2.73. The van der Waals surface area contributed by atoms with Crippen molar-refractivity contribution in [3.05, 3.63) is 72.8 Å². The molecule has 0 bridgehead atoms. The molecular formula is C18H24N6. The molecule has 3 rings (SSSR count). The van der Waals surface area contributed by atoms with Gasteiger partial charge in [-0.3, -0.25) is 0 Å². The van der Waals surface area contributed by atoms with E-state index in [1.54, 1.807) is 54.6 Å². The largest absolute Gasteiger partial charge is 0.399 e. The van der Waals surface area contributed by atoms with Gasteiger partial charge in [0.15, 0.2) is 0 Å². The fourth-order valence-corrected chi connectivity index (χ4v) is 1.68. The summed E-state index contributed by atoms with van der Waals surface area (Å²) >= 11 is 0. The zero-order chi connectivity index (χ0) is 17.9. The Labute approximate surface area is 142 Å². The van der Waals surface area contributed by atoms with Gasteiger partial charge in [0.25, 0.3) is 0 Å². The van der Waals surface area contributed by atoms with E-state index in [1.165, 1.54) is 0 Å². The first-order valence-corrected chi connectivity index (χ1v) is 7.20. The van der Waals surface area contributed by atoms with Crippen molar-refractivity contribution in [3.8, 4) is 0 Å². The van der Waals surface area contributed by atoms with Crippen LogP contribution in [0.15, 0.2) is 72.8 Å². The number of hydrogen-bond acceptors (Lipinski definition) is 6. The van der Waals surface area contributed by atoms with Crippen LogP contribution in [0.3, 0.4) is 0 Å². The van der Waals surface area contributed by atoms with Crippen LogP contribution in [-0.4, -0.2) is 0 Å². The van der Waals surface area contributed by atoms with E-state index in [0.29, 0.717) is 34.1 Å². The predicted molar refractivity (Wildman–Crippen MR) is 106 cm³/mol. The second kappa shape index (κ2) is 9.47. The van der Waals surface area contributed by atoms with Gasteiger partial charge >= 0.3 is 0 Å². The van der Waals surface area contributed by atoms with Crippen LogP contribution in [0.25, 0.3) is 0 Å². The molecule has 24 heavy (non-hydrogen) atoms. The van der Waals surface area contributed by atoms with E-state index >= 15 is 0 Å². The smallest absolute Gasteiger partial charge is 0.0334 e. The highest BCUT2D eigenvalue weighted by Crippen LogP contribution is 2.07. The summed E-state index contributed by atoms with van der Waals surface area (Å²) in [7, 11) is 0. The first-order valence-electron chi connectivity index (χ1n) is 7.20. The molecule has 0 unspecified atom stereocenters. The van der Waals surface area contributed by atoms with Crippen LogP contribution >= 0.6 is 0 Å². The first kappa shape index (κ1) is 18.5. The maximum Gasteiger partial charge on any atom is 0.0334 e. The van der Waals surface area contributed by atoms with E-state index in [4.69, 9.17) is 34.4 Å². The summed E-state index contributed by atoms with van der Waals surface area (Å²) in [5.41, 5.74) is 36.5. The highest BCUT2D eigenvalue weighted by Gasteiger charge is 1.83. The quantitative estimate of drug-likeness (QED) is 0.349. The minimum absolute atomic E-state index is 0.713. The maximum atomic E-state index is 5.38. The SMILES string of the molecule is Nc1cccc(N)c1.Nc1cccc(N)c1.Nc1cccc(N)c1. The molecule has 0 aromatic heterocycles. The molecule has 126 valence electrons. The molecule has 0 aliphatic heterocycles. The van der Waals surface area contributed by atoms with Gasteiger partial charge in [0.2, 0.25) is 0 Å². The minimum Gasteiger partial charge on any atom is -0.399 e. The molecule has 0 atom stereocenters. The van der Waals surface area contributed by atoms with Crippen LogP contribution in [0, 0.1) is 0 Å². The van der Waals surface area contributed by atoms with Crippen molar-refractivity contribution in [2.45, 2.75) is 0 Å². The Morgan fingerprint density at radius 1 is 0.333 bits per heavy atom. The third kappa shape index (κ3) is 8.04. The molecule has 0 radical (unpaired) electrons. The summed E-state index contributed by atoms with van der Waals surface area (Å²) in [6, 6.07) is 21.5. The lowest BCUT2D eigenvalue weighted by Crippen LogP contribution is -1.87. The number of hydrogen-bond donors (Lipinski definition) is 6.